The average Bonchev–Trinajstić information content (AvgIpc) is 3.12. The Labute approximate surface area is 154 Å². The molecule has 0 bridgehead atoms. The molecule has 0 spiro atoms. The van der Waals surface area contributed by atoms with Crippen LogP contribution >= 0.6 is 0 Å². The van der Waals surface area contributed by atoms with Crippen molar-refractivity contribution in [3.63, 3.8) is 0 Å². The molecule has 1 aromatic rings. The summed E-state index contributed by atoms with van der Waals surface area (Å²) in [7, 11) is 0. The molecule has 2 rings (SSSR count). The zero-order valence-electron chi connectivity index (χ0n) is 15.2. The fourth-order valence-electron chi connectivity index (χ4n) is 2.93. The Morgan fingerprint density at radius 1 is 1.15 bits per heavy atom. The van der Waals surface area contributed by atoms with Crippen LogP contribution in [0.2, 0.25) is 0 Å². The molecule has 2 nitrogen and oxygen atoms in total. The van der Waals surface area contributed by atoms with Gasteiger partial charge in [0.15, 0.2) is 0 Å². The number of hydrogen-bond donors (Lipinski definition) is 1. The number of halogens is 3. The van der Waals surface area contributed by atoms with Gasteiger partial charge in [0.1, 0.15) is 0 Å². The standard InChI is InChI=1S/C21H27F3N2/c1-2-6-19(17-25-13-16-26-14-3-4-15-26)8-5-7-18-9-11-20(12-10-18)21(22,23)24/h2,5-12,25H,3-4,13-17H2,1H3/b6-2-,7-5+,19-8+. The molecule has 1 N–H and O–H groups in total. The van der Waals surface area contributed by atoms with Gasteiger partial charge in [-0.05, 0) is 56.1 Å². The van der Waals surface area contributed by atoms with Crippen LogP contribution in [0, 0.1) is 0 Å². The van der Waals surface area contributed by atoms with E-state index in [2.05, 4.69) is 10.2 Å². The van der Waals surface area contributed by atoms with Crippen molar-refractivity contribution in [3.8, 4) is 0 Å². The molecule has 0 atom stereocenters. The molecule has 0 radical (unpaired) electrons. The van der Waals surface area contributed by atoms with Crippen molar-refractivity contribution in [2.45, 2.75) is 25.9 Å². The third kappa shape index (κ3) is 7.18. The number of rotatable bonds is 8. The van der Waals surface area contributed by atoms with E-state index in [0.717, 1.165) is 42.9 Å². The molecule has 1 fully saturated rings. The molecule has 142 valence electrons. The zero-order chi connectivity index (χ0) is 18.8. The summed E-state index contributed by atoms with van der Waals surface area (Å²) in [6, 6.07) is 5.18. The molecule has 1 heterocycles. The molecule has 0 saturated carbocycles. The maximum absolute atomic E-state index is 12.6. The van der Waals surface area contributed by atoms with Gasteiger partial charge in [0, 0.05) is 19.6 Å². The highest BCUT2D eigenvalue weighted by molar-refractivity contribution is 5.52. The lowest BCUT2D eigenvalue weighted by Crippen LogP contribution is -2.30. The van der Waals surface area contributed by atoms with E-state index in [1.54, 1.807) is 0 Å². The molecule has 0 aromatic heterocycles. The highest BCUT2D eigenvalue weighted by Crippen LogP contribution is 2.29. The average molecular weight is 364 g/mol. The summed E-state index contributed by atoms with van der Waals surface area (Å²) in [6.07, 6.45) is 8.02. The quantitative estimate of drug-likeness (QED) is 0.521. The minimum Gasteiger partial charge on any atom is -0.311 e. The SMILES string of the molecule is C\C=C/C(=C\C=C\c1ccc(C(F)(F)F)cc1)CNCCN1CCCC1. The van der Waals surface area contributed by atoms with Crippen LogP contribution in [0.5, 0.6) is 0 Å². The van der Waals surface area contributed by atoms with Crippen LogP contribution in [0.15, 0.2) is 54.1 Å². The van der Waals surface area contributed by atoms with Crippen molar-refractivity contribution in [2.75, 3.05) is 32.7 Å². The van der Waals surface area contributed by atoms with Crippen molar-refractivity contribution < 1.29 is 13.2 Å². The summed E-state index contributed by atoms with van der Waals surface area (Å²) in [5.74, 6) is 0. The maximum Gasteiger partial charge on any atom is 0.416 e. The first-order chi connectivity index (χ1) is 12.5. The van der Waals surface area contributed by atoms with Crippen LogP contribution in [0.3, 0.4) is 0 Å². The molecular weight excluding hydrogens is 337 g/mol. The molecule has 0 aliphatic carbocycles. The van der Waals surface area contributed by atoms with Gasteiger partial charge >= 0.3 is 6.18 Å². The predicted molar refractivity (Wildman–Crippen MR) is 102 cm³/mol. The van der Waals surface area contributed by atoms with Gasteiger partial charge in [-0.15, -0.1) is 0 Å². The second-order valence-corrected chi connectivity index (χ2v) is 6.45. The number of hydrogen-bond acceptors (Lipinski definition) is 2. The molecule has 26 heavy (non-hydrogen) atoms. The lowest BCUT2D eigenvalue weighted by Gasteiger charge is -2.14. The molecule has 1 aromatic carbocycles. The van der Waals surface area contributed by atoms with E-state index >= 15 is 0 Å². The monoisotopic (exact) mass is 364 g/mol. The van der Waals surface area contributed by atoms with Gasteiger partial charge in [0.2, 0.25) is 0 Å². The first-order valence-corrected chi connectivity index (χ1v) is 9.09. The van der Waals surface area contributed by atoms with Gasteiger partial charge in [-0.1, -0.05) is 42.5 Å². The third-order valence-corrected chi connectivity index (χ3v) is 4.35. The van der Waals surface area contributed by atoms with Crippen LogP contribution in [0.1, 0.15) is 30.9 Å². The Hall–Kier alpha value is -1.85. The van der Waals surface area contributed by atoms with Gasteiger partial charge in [-0.2, -0.15) is 13.2 Å². The summed E-state index contributed by atoms with van der Waals surface area (Å²) in [6.45, 7) is 7.18. The van der Waals surface area contributed by atoms with Crippen LogP contribution in [-0.2, 0) is 6.18 Å². The number of nitrogens with one attached hydrogen (secondary N) is 1. The van der Waals surface area contributed by atoms with Crippen LogP contribution in [0.4, 0.5) is 13.2 Å². The summed E-state index contributed by atoms with van der Waals surface area (Å²) in [5, 5.41) is 3.45. The summed E-state index contributed by atoms with van der Waals surface area (Å²) in [4.78, 5) is 2.47. The van der Waals surface area contributed by atoms with Crippen molar-refractivity contribution in [3.05, 3.63) is 65.3 Å². The van der Waals surface area contributed by atoms with Crippen molar-refractivity contribution in [2.24, 2.45) is 0 Å². The highest BCUT2D eigenvalue weighted by atomic mass is 19.4. The number of alkyl halides is 3. The van der Waals surface area contributed by atoms with Gasteiger partial charge < -0.3 is 10.2 Å². The molecule has 1 aliphatic heterocycles. The molecule has 5 heteroatoms. The van der Waals surface area contributed by atoms with Gasteiger partial charge in [0.05, 0.1) is 5.56 Å². The Bertz CT molecular complexity index is 622. The van der Waals surface area contributed by atoms with E-state index in [9.17, 15) is 13.2 Å². The van der Waals surface area contributed by atoms with E-state index in [-0.39, 0.29) is 0 Å². The predicted octanol–water partition coefficient (Wildman–Crippen LogP) is 4.91. The lowest BCUT2D eigenvalue weighted by molar-refractivity contribution is -0.137. The van der Waals surface area contributed by atoms with Crippen molar-refractivity contribution in [1.29, 1.82) is 0 Å². The maximum atomic E-state index is 12.6. The van der Waals surface area contributed by atoms with E-state index in [0.29, 0.717) is 0 Å². The second kappa shape index (κ2) is 10.3. The zero-order valence-corrected chi connectivity index (χ0v) is 15.2. The number of allylic oxidation sites excluding steroid dienone is 3. The summed E-state index contributed by atoms with van der Waals surface area (Å²) in [5.41, 5.74) is 1.26. The Morgan fingerprint density at radius 3 is 2.46 bits per heavy atom. The Balaban J connectivity index is 1.83. The van der Waals surface area contributed by atoms with Crippen LogP contribution in [0.25, 0.3) is 6.08 Å². The van der Waals surface area contributed by atoms with Crippen molar-refractivity contribution >= 4 is 6.08 Å². The normalized spacial score (nSPS) is 17.0. The molecular formula is C21H27F3N2. The first kappa shape index (κ1) is 20.5. The minimum absolute atomic E-state index is 0.623. The van der Waals surface area contributed by atoms with E-state index < -0.39 is 11.7 Å². The van der Waals surface area contributed by atoms with Crippen molar-refractivity contribution in [1.82, 2.24) is 10.2 Å². The topological polar surface area (TPSA) is 15.3 Å². The van der Waals surface area contributed by atoms with E-state index in [1.807, 2.05) is 37.3 Å². The number of likely N-dealkylation sites (tertiary alicyclic amines) is 1. The fourth-order valence-corrected chi connectivity index (χ4v) is 2.93. The van der Waals surface area contributed by atoms with E-state index in [1.165, 1.54) is 38.1 Å². The number of benzene rings is 1. The Morgan fingerprint density at radius 2 is 1.85 bits per heavy atom. The third-order valence-electron chi connectivity index (χ3n) is 4.35. The molecule has 1 aliphatic rings. The fraction of sp³-hybridized carbons (Fsp3) is 0.429. The van der Waals surface area contributed by atoms with Gasteiger partial charge in [-0.25, -0.2) is 0 Å². The van der Waals surface area contributed by atoms with Gasteiger partial charge in [-0.3, -0.25) is 0 Å². The largest absolute Gasteiger partial charge is 0.416 e. The lowest BCUT2D eigenvalue weighted by atomic mass is 10.1. The number of nitrogens with zero attached hydrogens (tertiary/aromatic N) is 1. The van der Waals surface area contributed by atoms with E-state index in [4.69, 9.17) is 0 Å². The van der Waals surface area contributed by atoms with Crippen LogP contribution < -0.4 is 5.32 Å². The first-order valence-electron chi connectivity index (χ1n) is 9.09. The highest BCUT2D eigenvalue weighted by Gasteiger charge is 2.29. The Kier molecular flexibility index (Phi) is 8.13. The molecule has 0 unspecified atom stereocenters. The molecule has 1 saturated heterocycles. The summed E-state index contributed by atoms with van der Waals surface area (Å²) >= 11 is 0. The second-order valence-electron chi connectivity index (χ2n) is 6.45. The van der Waals surface area contributed by atoms with Gasteiger partial charge in [0.25, 0.3) is 0 Å². The molecule has 0 amide bonds. The summed E-state index contributed by atoms with van der Waals surface area (Å²) < 4.78 is 37.7. The smallest absolute Gasteiger partial charge is 0.311 e. The van der Waals surface area contributed by atoms with Crippen LogP contribution in [-0.4, -0.2) is 37.6 Å². The minimum atomic E-state index is -4.29.